The topological polar surface area (TPSA) is 52.6 Å². The van der Waals surface area contributed by atoms with Crippen LogP contribution in [-0.4, -0.2) is 18.5 Å². The minimum Gasteiger partial charge on any atom is -0.465 e. The van der Waals surface area contributed by atoms with Crippen molar-refractivity contribution >= 4 is 11.9 Å². The molecule has 0 unspecified atom stereocenters. The maximum atomic E-state index is 12.4. The number of benzene rings is 2. The van der Waals surface area contributed by atoms with Crippen LogP contribution in [0, 0.1) is 0 Å². The first-order chi connectivity index (χ1) is 12.1. The summed E-state index contributed by atoms with van der Waals surface area (Å²) in [5.41, 5.74) is 0.822. The lowest BCUT2D eigenvalue weighted by Crippen LogP contribution is -2.34. The van der Waals surface area contributed by atoms with Crippen LogP contribution in [0.1, 0.15) is 44.2 Å². The van der Waals surface area contributed by atoms with Gasteiger partial charge >= 0.3 is 11.9 Å². The predicted octanol–water partition coefficient (Wildman–Crippen LogP) is 4.23. The summed E-state index contributed by atoms with van der Waals surface area (Å²) in [7, 11) is 0. The summed E-state index contributed by atoms with van der Waals surface area (Å²) in [5.74, 6) is -1.14. The molecule has 0 aliphatic heterocycles. The lowest BCUT2D eigenvalue weighted by atomic mass is 9.84. The first-order valence-electron chi connectivity index (χ1n) is 8.61. The highest BCUT2D eigenvalue weighted by atomic mass is 16.6. The van der Waals surface area contributed by atoms with Gasteiger partial charge in [-0.15, -0.1) is 0 Å². The van der Waals surface area contributed by atoms with Crippen LogP contribution in [0.4, 0.5) is 0 Å². The number of esters is 2. The van der Waals surface area contributed by atoms with Crippen LogP contribution in [0.3, 0.4) is 0 Å². The monoisotopic (exact) mass is 340 g/mol. The van der Waals surface area contributed by atoms with E-state index in [0.717, 1.165) is 11.1 Å². The second-order valence-corrected chi connectivity index (χ2v) is 5.78. The molecule has 0 radical (unpaired) electrons. The summed E-state index contributed by atoms with van der Waals surface area (Å²) < 4.78 is 10.9. The normalized spacial score (nSPS) is 11.0. The molecule has 2 rings (SSSR count). The Hall–Kier alpha value is -2.62. The molecule has 132 valence electrons. The summed E-state index contributed by atoms with van der Waals surface area (Å²) in [4.78, 5) is 24.2. The minimum atomic E-state index is -0.926. The third-order valence-corrected chi connectivity index (χ3v) is 4.02. The number of hydrogen-bond donors (Lipinski definition) is 0. The summed E-state index contributed by atoms with van der Waals surface area (Å²) in [6, 6.07) is 19.2. The molecule has 0 heterocycles. The van der Waals surface area contributed by atoms with E-state index >= 15 is 0 Å². The van der Waals surface area contributed by atoms with Crippen molar-refractivity contribution in [3.05, 3.63) is 71.8 Å². The van der Waals surface area contributed by atoms with E-state index in [0.29, 0.717) is 19.4 Å². The fraction of sp³-hybridized carbons (Fsp3) is 0.333. The molecule has 0 aliphatic rings. The van der Waals surface area contributed by atoms with Gasteiger partial charge in [0.1, 0.15) is 6.42 Å². The molecule has 0 N–H and O–H groups in total. The van der Waals surface area contributed by atoms with Gasteiger partial charge in [0.15, 0.2) is 5.60 Å². The molecular weight excluding hydrogens is 316 g/mol. The highest BCUT2D eigenvalue weighted by molar-refractivity contribution is 5.91. The summed E-state index contributed by atoms with van der Waals surface area (Å²) in [6.45, 7) is 4.17. The van der Waals surface area contributed by atoms with Crippen molar-refractivity contribution in [3.8, 4) is 0 Å². The minimum absolute atomic E-state index is 0.308. The Kier molecular flexibility index (Phi) is 6.75. The Bertz CT molecular complexity index is 640. The Balaban J connectivity index is 2.29. The highest BCUT2D eigenvalue weighted by Gasteiger charge is 2.37. The molecule has 4 nitrogen and oxygen atoms in total. The lowest BCUT2D eigenvalue weighted by Gasteiger charge is -2.33. The van der Waals surface area contributed by atoms with E-state index in [2.05, 4.69) is 0 Å². The predicted molar refractivity (Wildman–Crippen MR) is 95.9 cm³/mol. The van der Waals surface area contributed by atoms with Crippen LogP contribution >= 0.6 is 0 Å². The van der Waals surface area contributed by atoms with Gasteiger partial charge in [-0.05, 0) is 12.8 Å². The van der Waals surface area contributed by atoms with Crippen LogP contribution < -0.4 is 0 Å². The van der Waals surface area contributed by atoms with E-state index in [9.17, 15) is 9.59 Å². The molecule has 0 spiro atoms. The molecule has 2 aromatic carbocycles. The third-order valence-electron chi connectivity index (χ3n) is 4.02. The molecule has 2 aromatic rings. The lowest BCUT2D eigenvalue weighted by molar-refractivity contribution is -0.163. The number of rotatable bonds is 8. The quantitative estimate of drug-likeness (QED) is 0.533. The SMILES string of the molecule is CCCOC(=O)CC(=O)OC(CC)(c1ccccc1)c1ccccc1. The van der Waals surface area contributed by atoms with Gasteiger partial charge in [-0.3, -0.25) is 9.59 Å². The first kappa shape index (κ1) is 18.7. The van der Waals surface area contributed by atoms with Crippen LogP contribution in [0.5, 0.6) is 0 Å². The van der Waals surface area contributed by atoms with Gasteiger partial charge in [0.25, 0.3) is 0 Å². The Morgan fingerprint density at radius 2 is 1.36 bits per heavy atom. The molecule has 0 aliphatic carbocycles. The van der Waals surface area contributed by atoms with Crippen molar-refractivity contribution in [3.63, 3.8) is 0 Å². The maximum absolute atomic E-state index is 12.4. The molecule has 0 atom stereocenters. The smallest absolute Gasteiger partial charge is 0.318 e. The number of carbonyl (C=O) groups is 2. The molecule has 0 aromatic heterocycles. The molecule has 25 heavy (non-hydrogen) atoms. The number of carbonyl (C=O) groups excluding carboxylic acids is 2. The largest absolute Gasteiger partial charge is 0.465 e. The number of ether oxygens (including phenoxy) is 2. The fourth-order valence-corrected chi connectivity index (χ4v) is 2.79. The van der Waals surface area contributed by atoms with E-state index in [1.165, 1.54) is 0 Å². The average Bonchev–Trinajstić information content (AvgIpc) is 2.66. The standard InChI is InChI=1S/C21H24O4/c1-3-15-24-19(22)16-20(23)25-21(4-2,17-11-7-5-8-12-17)18-13-9-6-10-14-18/h5-14H,3-4,15-16H2,1-2H3. The molecule has 4 heteroatoms. The van der Waals surface area contributed by atoms with Crippen molar-refractivity contribution in [1.29, 1.82) is 0 Å². The zero-order valence-electron chi connectivity index (χ0n) is 14.7. The molecule has 0 bridgehead atoms. The Labute approximate surface area is 148 Å². The van der Waals surface area contributed by atoms with Crippen molar-refractivity contribution in [2.45, 2.75) is 38.7 Å². The van der Waals surface area contributed by atoms with Crippen LogP contribution in [-0.2, 0) is 24.7 Å². The molecule has 0 fully saturated rings. The maximum Gasteiger partial charge on any atom is 0.318 e. The second kappa shape index (κ2) is 9.02. The molecule has 0 saturated heterocycles. The van der Waals surface area contributed by atoms with Gasteiger partial charge < -0.3 is 9.47 Å². The molecule has 0 saturated carbocycles. The molecular formula is C21H24O4. The van der Waals surface area contributed by atoms with Gasteiger partial charge in [-0.25, -0.2) is 0 Å². The zero-order valence-corrected chi connectivity index (χ0v) is 14.7. The van der Waals surface area contributed by atoms with Gasteiger partial charge in [-0.1, -0.05) is 74.5 Å². The van der Waals surface area contributed by atoms with Gasteiger partial charge in [0.2, 0.25) is 0 Å². The van der Waals surface area contributed by atoms with Crippen molar-refractivity contribution in [2.75, 3.05) is 6.61 Å². The Morgan fingerprint density at radius 3 is 1.80 bits per heavy atom. The van der Waals surface area contributed by atoms with Crippen molar-refractivity contribution in [1.82, 2.24) is 0 Å². The highest BCUT2D eigenvalue weighted by Crippen LogP contribution is 2.37. The summed E-state index contributed by atoms with van der Waals surface area (Å²) >= 11 is 0. The van der Waals surface area contributed by atoms with Crippen LogP contribution in [0.25, 0.3) is 0 Å². The van der Waals surface area contributed by atoms with Crippen LogP contribution in [0.15, 0.2) is 60.7 Å². The van der Waals surface area contributed by atoms with E-state index in [1.54, 1.807) is 0 Å². The van der Waals surface area contributed by atoms with E-state index in [4.69, 9.17) is 9.47 Å². The molecule has 0 amide bonds. The van der Waals surface area contributed by atoms with Gasteiger partial charge in [-0.2, -0.15) is 0 Å². The summed E-state index contributed by atoms with van der Waals surface area (Å²) in [5, 5.41) is 0. The van der Waals surface area contributed by atoms with E-state index in [1.807, 2.05) is 74.5 Å². The second-order valence-electron chi connectivity index (χ2n) is 5.78. The van der Waals surface area contributed by atoms with E-state index < -0.39 is 17.5 Å². The number of hydrogen-bond acceptors (Lipinski definition) is 4. The first-order valence-corrected chi connectivity index (χ1v) is 8.61. The third kappa shape index (κ3) is 4.69. The van der Waals surface area contributed by atoms with Gasteiger partial charge in [0.05, 0.1) is 6.61 Å². The summed E-state index contributed by atoms with van der Waals surface area (Å²) in [6.07, 6.45) is 0.881. The van der Waals surface area contributed by atoms with Gasteiger partial charge in [0, 0.05) is 11.1 Å². The average molecular weight is 340 g/mol. The zero-order chi connectivity index (χ0) is 18.1. The van der Waals surface area contributed by atoms with Crippen molar-refractivity contribution < 1.29 is 19.1 Å². The fourth-order valence-electron chi connectivity index (χ4n) is 2.79. The Morgan fingerprint density at radius 1 is 0.840 bits per heavy atom. The van der Waals surface area contributed by atoms with Crippen LogP contribution in [0.2, 0.25) is 0 Å². The van der Waals surface area contributed by atoms with Crippen molar-refractivity contribution in [2.24, 2.45) is 0 Å². The van der Waals surface area contributed by atoms with E-state index in [-0.39, 0.29) is 6.42 Å².